The molecule has 122 valence electrons. The van der Waals surface area contributed by atoms with Crippen molar-refractivity contribution in [2.45, 2.75) is 19.3 Å². The highest BCUT2D eigenvalue weighted by Crippen LogP contribution is 2.31. The first kappa shape index (κ1) is 17.3. The largest absolute Gasteiger partial charge is 0.478 e. The first-order chi connectivity index (χ1) is 10.8. The normalized spacial score (nSPS) is 13.0. The first-order valence-corrected chi connectivity index (χ1v) is 7.88. The monoisotopic (exact) mass is 340 g/mol. The fourth-order valence-corrected chi connectivity index (χ4v) is 2.43. The zero-order chi connectivity index (χ0) is 17.0. The van der Waals surface area contributed by atoms with Gasteiger partial charge >= 0.3 is 17.5 Å². The Morgan fingerprint density at radius 3 is 2.26 bits per heavy atom. The molecule has 0 atom stereocenters. The van der Waals surface area contributed by atoms with Crippen LogP contribution < -0.4 is 18.6 Å². The Hall–Kier alpha value is -2.03. The van der Waals surface area contributed by atoms with Gasteiger partial charge in [0.15, 0.2) is 0 Å². The summed E-state index contributed by atoms with van der Waals surface area (Å²) in [7, 11) is -4.94. The van der Waals surface area contributed by atoms with Gasteiger partial charge in [0.1, 0.15) is 0 Å². The molecule has 1 aromatic heterocycles. The maximum absolute atomic E-state index is 11.3. The minimum atomic E-state index is -4.94. The van der Waals surface area contributed by atoms with E-state index < -0.39 is 16.2 Å². The van der Waals surface area contributed by atoms with Crippen molar-refractivity contribution in [3.8, 4) is 11.3 Å². The van der Waals surface area contributed by atoms with Gasteiger partial charge in [-0.25, -0.2) is 27.8 Å². The van der Waals surface area contributed by atoms with Crippen molar-refractivity contribution in [1.29, 1.82) is 0 Å². The molecule has 1 N–H and O–H groups in total. The predicted octanol–water partition coefficient (Wildman–Crippen LogP) is -1.34. The Labute approximate surface area is 133 Å². The van der Waals surface area contributed by atoms with E-state index >= 15 is 0 Å². The quantitative estimate of drug-likeness (QED) is 0.667. The van der Waals surface area contributed by atoms with Gasteiger partial charge in [0.05, 0.1) is 29.2 Å². The topological polar surface area (TPSA) is 141 Å². The van der Waals surface area contributed by atoms with Gasteiger partial charge in [0, 0.05) is 0 Å². The highest BCUT2D eigenvalue weighted by molar-refractivity contribution is 5.91. The number of hydrogen-bond donors (Lipinski definition) is 1. The number of aromatic carboxylic acids is 1. The molecule has 0 bridgehead atoms. The summed E-state index contributed by atoms with van der Waals surface area (Å²) in [6.07, 6.45) is 2.60. The SMILES string of the molecule is O=C(O)c1cc(-c2ccccc2)[o+]c2c1CCC2.[O-][Cl+3]([O-])([O-])[O-]. The molecule has 0 saturated heterocycles. The van der Waals surface area contributed by atoms with Crippen LogP contribution in [0, 0.1) is 10.2 Å². The van der Waals surface area contributed by atoms with Crippen LogP contribution in [0.1, 0.15) is 28.1 Å². The number of carboxylic acids is 1. The molecule has 7 nitrogen and oxygen atoms in total. The van der Waals surface area contributed by atoms with Gasteiger partial charge in [-0.15, -0.1) is 10.2 Å². The third-order valence-corrected chi connectivity index (χ3v) is 3.29. The molecule has 0 fully saturated rings. The summed E-state index contributed by atoms with van der Waals surface area (Å²) in [6.45, 7) is 0. The van der Waals surface area contributed by atoms with Gasteiger partial charge in [-0.05, 0) is 25.0 Å². The second kappa shape index (κ2) is 7.03. The molecular formula is C15H13ClO7. The lowest BCUT2D eigenvalue weighted by atomic mass is 10.1. The fourth-order valence-electron chi connectivity index (χ4n) is 2.43. The molecule has 0 unspecified atom stereocenters. The third kappa shape index (κ3) is 4.98. The Morgan fingerprint density at radius 2 is 1.70 bits per heavy atom. The van der Waals surface area contributed by atoms with Crippen molar-refractivity contribution < 1.29 is 43.2 Å². The number of rotatable bonds is 2. The number of aryl methyl sites for hydroxylation is 1. The molecule has 23 heavy (non-hydrogen) atoms. The van der Waals surface area contributed by atoms with Crippen molar-refractivity contribution in [1.82, 2.24) is 0 Å². The Balaban J connectivity index is 0.000000338. The van der Waals surface area contributed by atoms with Gasteiger partial charge in [-0.2, -0.15) is 0 Å². The second-order valence-electron chi connectivity index (χ2n) is 4.83. The Bertz CT molecular complexity index is 689. The van der Waals surface area contributed by atoms with E-state index in [-0.39, 0.29) is 0 Å². The van der Waals surface area contributed by atoms with Crippen LogP contribution in [0.2, 0.25) is 0 Å². The van der Waals surface area contributed by atoms with Crippen LogP contribution in [0.5, 0.6) is 0 Å². The standard InChI is InChI=1S/C15H12O3.ClHO4/c16-15(17)12-9-14(10-5-2-1-3-6-10)18-13-8-4-7-11(12)13;2-1(3,4)5/h1-3,5-6,9H,4,7-8H2;(H,2,3,4,5). The van der Waals surface area contributed by atoms with E-state index in [0.29, 0.717) is 11.3 Å². The summed E-state index contributed by atoms with van der Waals surface area (Å²) < 4.78 is 39.8. The number of fused-ring (bicyclic) bond motifs is 1. The van der Waals surface area contributed by atoms with E-state index in [2.05, 4.69) is 0 Å². The highest BCUT2D eigenvalue weighted by atomic mass is 35.7. The molecular weight excluding hydrogens is 328 g/mol. The van der Waals surface area contributed by atoms with E-state index in [0.717, 1.165) is 36.1 Å². The van der Waals surface area contributed by atoms with Crippen LogP contribution in [-0.4, -0.2) is 11.1 Å². The van der Waals surface area contributed by atoms with Crippen LogP contribution in [0.4, 0.5) is 0 Å². The Morgan fingerprint density at radius 1 is 1.09 bits per heavy atom. The molecule has 8 heteroatoms. The number of halogens is 1. The first-order valence-electron chi connectivity index (χ1n) is 6.65. The van der Waals surface area contributed by atoms with Crippen LogP contribution in [0.3, 0.4) is 0 Å². The molecule has 1 aliphatic carbocycles. The number of hydrogen-bond acceptors (Lipinski definition) is 5. The number of carbonyl (C=O) groups is 1. The molecule has 0 radical (unpaired) electrons. The molecule has 1 heterocycles. The van der Waals surface area contributed by atoms with E-state index in [1.165, 1.54) is 0 Å². The average Bonchev–Trinajstić information content (AvgIpc) is 2.93. The van der Waals surface area contributed by atoms with Gasteiger partial charge in [0.25, 0.3) is 0 Å². The smallest absolute Gasteiger partial charge is 0.361 e. The maximum atomic E-state index is 11.3. The zero-order valence-corrected chi connectivity index (χ0v) is 12.6. The van der Waals surface area contributed by atoms with E-state index in [9.17, 15) is 9.90 Å². The second-order valence-corrected chi connectivity index (χ2v) is 5.58. The molecule has 0 saturated carbocycles. The van der Waals surface area contributed by atoms with Crippen molar-refractivity contribution in [2.75, 3.05) is 0 Å². The summed E-state index contributed by atoms with van der Waals surface area (Å²) in [5.74, 6) is 0.587. The summed E-state index contributed by atoms with van der Waals surface area (Å²) in [5.41, 5.74) is 2.16. The molecule has 1 aromatic carbocycles. The summed E-state index contributed by atoms with van der Waals surface area (Å²) in [6, 6.07) is 11.2. The molecule has 1 aliphatic rings. The fraction of sp³-hybridized carbons (Fsp3) is 0.200. The van der Waals surface area contributed by atoms with Crippen LogP contribution in [-0.2, 0) is 12.8 Å². The average molecular weight is 341 g/mol. The predicted molar refractivity (Wildman–Crippen MR) is 67.5 cm³/mol. The van der Waals surface area contributed by atoms with Crippen LogP contribution in [0.25, 0.3) is 11.3 Å². The van der Waals surface area contributed by atoms with Gasteiger partial charge in [-0.1, -0.05) is 18.2 Å². The lowest BCUT2D eigenvalue weighted by Crippen LogP contribution is -2.68. The van der Waals surface area contributed by atoms with Crippen molar-refractivity contribution in [2.24, 2.45) is 0 Å². The van der Waals surface area contributed by atoms with Crippen molar-refractivity contribution in [3.05, 3.63) is 53.3 Å². The van der Waals surface area contributed by atoms with Gasteiger partial charge < -0.3 is 5.11 Å². The zero-order valence-electron chi connectivity index (χ0n) is 11.9. The van der Waals surface area contributed by atoms with Gasteiger partial charge in [-0.3, -0.25) is 0 Å². The lowest BCUT2D eigenvalue weighted by Gasteiger charge is -2.17. The molecule has 0 amide bonds. The van der Waals surface area contributed by atoms with Crippen molar-refractivity contribution >= 4 is 5.97 Å². The van der Waals surface area contributed by atoms with Crippen LogP contribution >= 0.6 is 0 Å². The molecule has 3 rings (SSSR count). The van der Waals surface area contributed by atoms with Crippen molar-refractivity contribution in [3.63, 3.8) is 0 Å². The maximum Gasteiger partial charge on any atom is 0.361 e. The van der Waals surface area contributed by atoms with E-state index in [4.69, 9.17) is 23.1 Å². The highest BCUT2D eigenvalue weighted by Gasteiger charge is 2.31. The number of carboxylic acid groups (broad SMARTS) is 1. The minimum Gasteiger partial charge on any atom is -0.478 e. The van der Waals surface area contributed by atoms with E-state index in [1.54, 1.807) is 6.07 Å². The third-order valence-electron chi connectivity index (χ3n) is 3.29. The minimum absolute atomic E-state index is 0.382. The molecule has 0 spiro atoms. The summed E-state index contributed by atoms with van der Waals surface area (Å²) >= 11 is 0. The summed E-state index contributed by atoms with van der Waals surface area (Å²) in [4.78, 5) is 11.3. The van der Waals surface area contributed by atoms with E-state index in [1.807, 2.05) is 30.3 Å². The van der Waals surface area contributed by atoms with Gasteiger partial charge in [0.2, 0.25) is 0 Å². The lowest BCUT2D eigenvalue weighted by molar-refractivity contribution is -2.00. The summed E-state index contributed by atoms with van der Waals surface area (Å²) in [5, 5.41) is 9.28. The molecule has 0 aliphatic heterocycles. The molecule has 2 aromatic rings. The van der Waals surface area contributed by atoms with Crippen LogP contribution in [0.15, 0.2) is 40.8 Å². The number of benzene rings is 1. The Kier molecular flexibility index (Phi) is 5.30.